The molecule has 3 fully saturated rings. The first-order chi connectivity index (χ1) is 15.7. The third-order valence-corrected chi connectivity index (χ3v) is 6.76. The number of aliphatic hydroxyl groups is 1. The van der Waals surface area contributed by atoms with Gasteiger partial charge in [0.1, 0.15) is 6.29 Å². The fraction of sp³-hybridized carbons (Fsp3) is 0.840. The van der Waals surface area contributed by atoms with Crippen LogP contribution in [0.4, 0.5) is 0 Å². The number of ether oxygens (including phenoxy) is 4. The van der Waals surface area contributed by atoms with Crippen LogP contribution in [0.15, 0.2) is 12.2 Å². The second kappa shape index (κ2) is 14.1. The number of carbonyl (C=O) groups is 1. The van der Waals surface area contributed by atoms with Crippen molar-refractivity contribution in [3.8, 4) is 6.07 Å². The molecular formula is C25H39NO6. The van der Waals surface area contributed by atoms with Crippen molar-refractivity contribution in [1.29, 1.82) is 5.26 Å². The van der Waals surface area contributed by atoms with Crippen molar-refractivity contribution in [2.75, 3.05) is 13.2 Å². The molecule has 2 heterocycles. The first-order valence-corrected chi connectivity index (χ1v) is 12.4. The Kier molecular flexibility index (Phi) is 11.1. The predicted octanol–water partition coefficient (Wildman–Crippen LogP) is 4.04. The number of nitrogens with zero attached hydrogens (tertiary/aromatic N) is 1. The lowest BCUT2D eigenvalue weighted by Gasteiger charge is -2.29. The van der Waals surface area contributed by atoms with E-state index in [0.717, 1.165) is 70.7 Å². The molecule has 2 saturated heterocycles. The van der Waals surface area contributed by atoms with Gasteiger partial charge in [0.15, 0.2) is 12.6 Å². The third kappa shape index (κ3) is 7.93. The highest BCUT2D eigenvalue weighted by Gasteiger charge is 2.42. The van der Waals surface area contributed by atoms with Gasteiger partial charge in [0.2, 0.25) is 0 Å². The minimum absolute atomic E-state index is 0.0711. The summed E-state index contributed by atoms with van der Waals surface area (Å²) in [6, 6.07) is 2.20. The summed E-state index contributed by atoms with van der Waals surface area (Å²) in [5.41, 5.74) is 0. The fourth-order valence-electron chi connectivity index (χ4n) is 4.98. The quantitative estimate of drug-likeness (QED) is 0.273. The zero-order chi connectivity index (χ0) is 22.6. The minimum Gasteiger partial charge on any atom is -0.393 e. The average Bonchev–Trinajstić information content (AvgIpc) is 3.10. The van der Waals surface area contributed by atoms with Crippen molar-refractivity contribution < 1.29 is 28.8 Å². The fourth-order valence-corrected chi connectivity index (χ4v) is 4.98. The smallest absolute Gasteiger partial charge is 0.158 e. The van der Waals surface area contributed by atoms with E-state index in [1.165, 1.54) is 0 Å². The van der Waals surface area contributed by atoms with Crippen molar-refractivity contribution in [2.45, 2.75) is 108 Å². The molecule has 1 aliphatic carbocycles. The van der Waals surface area contributed by atoms with Crippen LogP contribution in [-0.4, -0.2) is 55.5 Å². The lowest BCUT2D eigenvalue weighted by atomic mass is 9.90. The number of aliphatic hydroxyl groups excluding tert-OH is 1. The summed E-state index contributed by atoms with van der Waals surface area (Å²) in [5, 5.41) is 19.4. The lowest BCUT2D eigenvalue weighted by Crippen LogP contribution is -2.31. The van der Waals surface area contributed by atoms with E-state index in [0.29, 0.717) is 25.9 Å². The first-order valence-electron chi connectivity index (χ1n) is 12.4. The molecule has 0 aromatic heterocycles. The van der Waals surface area contributed by atoms with E-state index in [-0.39, 0.29) is 36.6 Å². The van der Waals surface area contributed by atoms with E-state index >= 15 is 0 Å². The second-order valence-corrected chi connectivity index (χ2v) is 9.18. The minimum atomic E-state index is -0.569. The number of aldehydes is 1. The number of nitriles is 1. The van der Waals surface area contributed by atoms with Gasteiger partial charge in [0.25, 0.3) is 0 Å². The molecule has 0 spiro atoms. The summed E-state index contributed by atoms with van der Waals surface area (Å²) >= 11 is 0. The molecule has 0 bridgehead atoms. The average molecular weight is 450 g/mol. The zero-order valence-electron chi connectivity index (χ0n) is 19.1. The Morgan fingerprint density at radius 3 is 2.50 bits per heavy atom. The Balaban J connectivity index is 1.66. The summed E-state index contributed by atoms with van der Waals surface area (Å²) in [6.45, 7) is 1.43. The summed E-state index contributed by atoms with van der Waals surface area (Å²) in [5.74, 6) is -0.235. The summed E-state index contributed by atoms with van der Waals surface area (Å²) in [7, 11) is 0. The molecule has 1 saturated carbocycles. The molecule has 2 aliphatic heterocycles. The van der Waals surface area contributed by atoms with Crippen LogP contribution in [0.2, 0.25) is 0 Å². The van der Waals surface area contributed by atoms with Gasteiger partial charge in [0, 0.05) is 44.3 Å². The normalized spacial score (nSPS) is 34.4. The molecule has 3 rings (SSSR count). The molecule has 0 aromatic carbocycles. The van der Waals surface area contributed by atoms with Crippen LogP contribution >= 0.6 is 0 Å². The van der Waals surface area contributed by atoms with E-state index < -0.39 is 6.10 Å². The van der Waals surface area contributed by atoms with Crippen LogP contribution in [0.1, 0.15) is 77.0 Å². The number of rotatable bonds is 12. The van der Waals surface area contributed by atoms with Crippen molar-refractivity contribution in [3.63, 3.8) is 0 Å². The summed E-state index contributed by atoms with van der Waals surface area (Å²) in [6.07, 6.45) is 13.7. The van der Waals surface area contributed by atoms with Gasteiger partial charge in [-0.25, -0.2) is 0 Å². The zero-order valence-corrected chi connectivity index (χ0v) is 19.1. The first kappa shape index (κ1) is 25.3. The van der Waals surface area contributed by atoms with Crippen molar-refractivity contribution in [1.82, 2.24) is 0 Å². The van der Waals surface area contributed by atoms with Crippen molar-refractivity contribution >= 4 is 6.29 Å². The van der Waals surface area contributed by atoms with Gasteiger partial charge in [-0.15, -0.1) is 0 Å². The van der Waals surface area contributed by atoms with Crippen molar-refractivity contribution in [3.05, 3.63) is 12.2 Å². The molecule has 7 atom stereocenters. The maximum Gasteiger partial charge on any atom is 0.158 e. The van der Waals surface area contributed by atoms with Gasteiger partial charge in [-0.05, 0) is 57.8 Å². The monoisotopic (exact) mass is 449 g/mol. The van der Waals surface area contributed by atoms with Crippen LogP contribution in [0, 0.1) is 23.2 Å². The Morgan fingerprint density at radius 1 is 1.09 bits per heavy atom. The molecule has 180 valence electrons. The van der Waals surface area contributed by atoms with Gasteiger partial charge in [-0.1, -0.05) is 12.2 Å². The molecule has 7 unspecified atom stereocenters. The molecular weight excluding hydrogens is 410 g/mol. The van der Waals surface area contributed by atoms with Crippen LogP contribution in [0.25, 0.3) is 0 Å². The molecule has 3 aliphatic rings. The largest absolute Gasteiger partial charge is 0.393 e. The standard InChI is InChI=1S/C25H39NO6/c26-14-5-1-2-8-19(31-24-9-3-6-16-29-24)11-12-21-20(13-15-27)22(28)18-23(21)32-25-10-4-7-17-30-25/h11-12,15,19-25,28H,1-10,13,16-18H2. The SMILES string of the molecule is N#CCCCCC(C=CC1C(OC2CCCCO2)CC(O)C1CC=O)OC1CCCCO1. The van der Waals surface area contributed by atoms with Crippen LogP contribution in [0.5, 0.6) is 0 Å². The number of hydrogen-bond acceptors (Lipinski definition) is 7. The van der Waals surface area contributed by atoms with Crippen LogP contribution in [0.3, 0.4) is 0 Å². The lowest BCUT2D eigenvalue weighted by molar-refractivity contribution is -0.193. The number of carbonyl (C=O) groups excluding carboxylic acids is 1. The van der Waals surface area contributed by atoms with Gasteiger partial charge < -0.3 is 28.8 Å². The maximum atomic E-state index is 11.3. The second-order valence-electron chi connectivity index (χ2n) is 9.18. The molecule has 0 aromatic rings. The molecule has 7 nitrogen and oxygen atoms in total. The topological polar surface area (TPSA) is 98.0 Å². The molecule has 1 N–H and O–H groups in total. The number of hydrogen-bond donors (Lipinski definition) is 1. The molecule has 7 heteroatoms. The Morgan fingerprint density at radius 2 is 1.84 bits per heavy atom. The van der Waals surface area contributed by atoms with Crippen molar-refractivity contribution in [2.24, 2.45) is 11.8 Å². The summed E-state index contributed by atoms with van der Waals surface area (Å²) < 4.78 is 24.0. The van der Waals surface area contributed by atoms with E-state index in [9.17, 15) is 9.90 Å². The van der Waals surface area contributed by atoms with Gasteiger partial charge in [-0.2, -0.15) is 5.26 Å². The highest BCUT2D eigenvalue weighted by molar-refractivity contribution is 5.50. The van der Waals surface area contributed by atoms with E-state index in [4.69, 9.17) is 24.2 Å². The van der Waals surface area contributed by atoms with E-state index in [1.54, 1.807) is 0 Å². The summed E-state index contributed by atoms with van der Waals surface area (Å²) in [4.78, 5) is 11.3. The Hall–Kier alpha value is -1.30. The van der Waals surface area contributed by atoms with E-state index in [2.05, 4.69) is 18.2 Å². The highest BCUT2D eigenvalue weighted by atomic mass is 16.7. The predicted molar refractivity (Wildman–Crippen MR) is 118 cm³/mol. The Labute approximate surface area is 192 Å². The van der Waals surface area contributed by atoms with Gasteiger partial charge in [0.05, 0.1) is 24.4 Å². The van der Waals surface area contributed by atoms with Crippen LogP contribution < -0.4 is 0 Å². The molecule has 32 heavy (non-hydrogen) atoms. The highest BCUT2D eigenvalue weighted by Crippen LogP contribution is 2.39. The number of unbranched alkanes of at least 4 members (excludes halogenated alkanes) is 2. The van der Waals surface area contributed by atoms with Crippen LogP contribution in [-0.2, 0) is 23.7 Å². The van der Waals surface area contributed by atoms with Gasteiger partial charge >= 0.3 is 0 Å². The van der Waals surface area contributed by atoms with E-state index in [1.807, 2.05) is 0 Å². The van der Waals surface area contributed by atoms with Gasteiger partial charge in [-0.3, -0.25) is 0 Å². The molecule has 0 amide bonds. The Bertz CT molecular complexity index is 608. The third-order valence-electron chi connectivity index (χ3n) is 6.76. The maximum absolute atomic E-state index is 11.3. The molecule has 0 radical (unpaired) electrons.